The van der Waals surface area contributed by atoms with E-state index in [-0.39, 0.29) is 34.1 Å². The summed E-state index contributed by atoms with van der Waals surface area (Å²) < 4.78 is 34.2. The van der Waals surface area contributed by atoms with Crippen LogP contribution in [0.2, 0.25) is 5.02 Å². The van der Waals surface area contributed by atoms with Crippen LogP contribution in [0.3, 0.4) is 0 Å². The number of halogens is 1. The number of carbonyl (C=O) groups excluding carboxylic acids is 2. The summed E-state index contributed by atoms with van der Waals surface area (Å²) in [6.07, 6.45) is 1.08. The molecule has 0 aliphatic rings. The van der Waals surface area contributed by atoms with E-state index in [1.165, 1.54) is 36.3 Å². The molecular weight excluding hydrogens is 562 g/mol. The largest absolute Gasteiger partial charge is 0.495 e. The molecule has 0 bridgehead atoms. The molecule has 0 saturated carbocycles. The first-order chi connectivity index (χ1) is 19.5. The van der Waals surface area contributed by atoms with Crippen molar-refractivity contribution in [1.29, 1.82) is 0 Å². The van der Waals surface area contributed by atoms with Gasteiger partial charge in [0.05, 0.1) is 22.7 Å². The molecule has 0 aliphatic carbocycles. The lowest BCUT2D eigenvalue weighted by atomic mass is 10.1. The van der Waals surface area contributed by atoms with Gasteiger partial charge >= 0.3 is 0 Å². The second-order valence-electron chi connectivity index (χ2n) is 9.89. The Bertz CT molecular complexity index is 1430. The van der Waals surface area contributed by atoms with Gasteiger partial charge in [0.25, 0.3) is 10.0 Å². The molecule has 2 atom stereocenters. The summed E-state index contributed by atoms with van der Waals surface area (Å²) in [6, 6.07) is 19.4. The minimum absolute atomic E-state index is 0.0269. The number of aryl methyl sites for hydroxylation is 1. The minimum atomic E-state index is -4.20. The second-order valence-corrected chi connectivity index (χ2v) is 12.2. The molecule has 2 amide bonds. The summed E-state index contributed by atoms with van der Waals surface area (Å²) in [5.41, 5.74) is 1.91. The second kappa shape index (κ2) is 14.4. The lowest BCUT2D eigenvalue weighted by molar-refractivity contribution is -0.140. The van der Waals surface area contributed by atoms with Crippen LogP contribution in [0.25, 0.3) is 0 Å². The van der Waals surface area contributed by atoms with E-state index in [9.17, 15) is 18.0 Å². The molecule has 220 valence electrons. The maximum atomic E-state index is 14.1. The topological polar surface area (TPSA) is 96.0 Å². The molecule has 1 N–H and O–H groups in total. The molecule has 0 fully saturated rings. The molecule has 0 unspecified atom stereocenters. The molecule has 0 saturated heterocycles. The quantitative estimate of drug-likeness (QED) is 0.277. The third kappa shape index (κ3) is 8.01. The molecule has 0 radical (unpaired) electrons. The minimum Gasteiger partial charge on any atom is -0.495 e. The molecule has 10 heteroatoms. The molecule has 0 heterocycles. The van der Waals surface area contributed by atoms with E-state index in [1.54, 1.807) is 18.2 Å². The molecule has 3 rings (SSSR count). The highest BCUT2D eigenvalue weighted by atomic mass is 35.5. The van der Waals surface area contributed by atoms with Gasteiger partial charge in [-0.15, -0.1) is 0 Å². The molecule has 8 nitrogen and oxygen atoms in total. The van der Waals surface area contributed by atoms with E-state index in [0.29, 0.717) is 12.2 Å². The molecule has 3 aromatic rings. The zero-order valence-electron chi connectivity index (χ0n) is 24.1. The number of methoxy groups -OCH3 is 1. The van der Waals surface area contributed by atoms with Crippen LogP contribution in [0.4, 0.5) is 5.69 Å². The fourth-order valence-electron chi connectivity index (χ4n) is 4.32. The van der Waals surface area contributed by atoms with Crippen LogP contribution in [-0.4, -0.2) is 50.9 Å². The lowest BCUT2D eigenvalue weighted by Gasteiger charge is -2.33. The molecule has 0 aromatic heterocycles. The Labute approximate surface area is 248 Å². The van der Waals surface area contributed by atoms with E-state index in [1.807, 2.05) is 58.0 Å². The Balaban J connectivity index is 2.08. The number of hydrogen-bond acceptors (Lipinski definition) is 5. The first-order valence-electron chi connectivity index (χ1n) is 13.6. The SMILES string of the molecule is CC[C@H](C)NC(=O)[C@H](CC)N(Cc1ccccc1)C(=O)CN(c1ccc(OC)c(Cl)c1)S(=O)(=O)c1ccc(C)cc1. The Morgan fingerprint density at radius 2 is 1.63 bits per heavy atom. The number of sulfonamides is 1. The number of nitrogens with one attached hydrogen (secondary N) is 1. The molecular formula is C31H38ClN3O5S. The molecule has 41 heavy (non-hydrogen) atoms. The van der Waals surface area contributed by atoms with E-state index < -0.39 is 28.5 Å². The highest BCUT2D eigenvalue weighted by Crippen LogP contribution is 2.32. The number of anilines is 1. The van der Waals surface area contributed by atoms with Crippen molar-refractivity contribution < 1.29 is 22.7 Å². The smallest absolute Gasteiger partial charge is 0.264 e. The molecule has 3 aromatic carbocycles. The number of hydrogen-bond donors (Lipinski definition) is 1. The van der Waals surface area contributed by atoms with Crippen LogP contribution in [-0.2, 0) is 26.2 Å². The average Bonchev–Trinajstić information content (AvgIpc) is 2.96. The highest BCUT2D eigenvalue weighted by Gasteiger charge is 2.34. The van der Waals surface area contributed by atoms with Crippen molar-refractivity contribution in [3.05, 3.63) is 88.9 Å². The van der Waals surface area contributed by atoms with Gasteiger partial charge in [-0.2, -0.15) is 0 Å². The van der Waals surface area contributed by atoms with Crippen molar-refractivity contribution >= 4 is 39.1 Å². The Kier molecular flexibility index (Phi) is 11.2. The van der Waals surface area contributed by atoms with Crippen molar-refractivity contribution in [2.24, 2.45) is 0 Å². The van der Waals surface area contributed by atoms with Gasteiger partial charge in [-0.05, 0) is 62.6 Å². The van der Waals surface area contributed by atoms with Crippen LogP contribution in [0.15, 0.2) is 77.7 Å². The number of nitrogens with zero attached hydrogens (tertiary/aromatic N) is 2. The zero-order chi connectivity index (χ0) is 30.2. The standard InChI is InChI=1S/C31H38ClN3O5S/c1-6-23(4)33-31(37)28(7-2)34(20-24-11-9-8-10-12-24)30(36)21-35(25-15-18-29(40-5)27(32)19-25)41(38,39)26-16-13-22(3)14-17-26/h8-19,23,28H,6-7,20-21H2,1-5H3,(H,33,37)/t23-,28-/m0/s1. The van der Waals surface area contributed by atoms with Crippen molar-refractivity contribution in [2.45, 2.75) is 64.1 Å². The van der Waals surface area contributed by atoms with Gasteiger partial charge in [0.15, 0.2) is 0 Å². The van der Waals surface area contributed by atoms with Gasteiger partial charge in [-0.3, -0.25) is 13.9 Å². The zero-order valence-corrected chi connectivity index (χ0v) is 25.7. The summed E-state index contributed by atoms with van der Waals surface area (Å²) in [7, 11) is -2.74. The number of benzene rings is 3. The third-order valence-electron chi connectivity index (χ3n) is 6.89. The first-order valence-corrected chi connectivity index (χ1v) is 15.4. The fourth-order valence-corrected chi connectivity index (χ4v) is 5.98. The number of rotatable bonds is 13. The maximum absolute atomic E-state index is 14.1. The van der Waals surface area contributed by atoms with Crippen LogP contribution < -0.4 is 14.4 Å². The Hall–Kier alpha value is -3.56. The van der Waals surface area contributed by atoms with Crippen molar-refractivity contribution in [3.63, 3.8) is 0 Å². The van der Waals surface area contributed by atoms with Crippen molar-refractivity contribution in [3.8, 4) is 5.75 Å². The normalized spacial score (nSPS) is 12.7. The summed E-state index contributed by atoms with van der Waals surface area (Å²) in [5, 5.41) is 3.17. The third-order valence-corrected chi connectivity index (χ3v) is 8.98. The summed E-state index contributed by atoms with van der Waals surface area (Å²) in [4.78, 5) is 28.9. The van der Waals surface area contributed by atoms with E-state index in [4.69, 9.17) is 16.3 Å². The Morgan fingerprint density at radius 3 is 2.20 bits per heavy atom. The summed E-state index contributed by atoms with van der Waals surface area (Å²) >= 11 is 6.38. The number of carbonyl (C=O) groups is 2. The van der Waals surface area contributed by atoms with Crippen LogP contribution in [0.1, 0.15) is 44.7 Å². The van der Waals surface area contributed by atoms with Crippen molar-refractivity contribution in [1.82, 2.24) is 10.2 Å². The van der Waals surface area contributed by atoms with E-state index in [0.717, 1.165) is 21.9 Å². The van der Waals surface area contributed by atoms with Gasteiger partial charge in [0, 0.05) is 12.6 Å². The maximum Gasteiger partial charge on any atom is 0.264 e. The average molecular weight is 600 g/mol. The monoisotopic (exact) mass is 599 g/mol. The molecule has 0 spiro atoms. The van der Waals surface area contributed by atoms with E-state index in [2.05, 4.69) is 5.32 Å². The van der Waals surface area contributed by atoms with Gasteiger partial charge < -0.3 is 15.0 Å². The number of ether oxygens (including phenoxy) is 1. The lowest BCUT2D eigenvalue weighted by Crippen LogP contribution is -2.53. The van der Waals surface area contributed by atoms with E-state index >= 15 is 0 Å². The van der Waals surface area contributed by atoms with Gasteiger partial charge in [-0.25, -0.2) is 8.42 Å². The van der Waals surface area contributed by atoms with Gasteiger partial charge in [0.2, 0.25) is 11.8 Å². The van der Waals surface area contributed by atoms with Crippen LogP contribution in [0.5, 0.6) is 5.75 Å². The predicted molar refractivity (Wildman–Crippen MR) is 163 cm³/mol. The summed E-state index contributed by atoms with van der Waals surface area (Å²) in [5.74, 6) is -0.443. The first kappa shape index (κ1) is 32.0. The summed E-state index contributed by atoms with van der Waals surface area (Å²) in [6.45, 7) is 7.14. The number of amides is 2. The molecule has 0 aliphatic heterocycles. The van der Waals surface area contributed by atoms with Gasteiger partial charge in [0.1, 0.15) is 18.3 Å². The van der Waals surface area contributed by atoms with Crippen molar-refractivity contribution in [2.75, 3.05) is 18.0 Å². The van der Waals surface area contributed by atoms with Gasteiger partial charge in [-0.1, -0.05) is 73.5 Å². The van der Waals surface area contributed by atoms with Crippen LogP contribution in [0, 0.1) is 6.92 Å². The predicted octanol–water partition coefficient (Wildman–Crippen LogP) is 5.57. The fraction of sp³-hybridized carbons (Fsp3) is 0.355. The highest BCUT2D eigenvalue weighted by molar-refractivity contribution is 7.92. The van der Waals surface area contributed by atoms with Crippen LogP contribution >= 0.6 is 11.6 Å². The Morgan fingerprint density at radius 1 is 0.976 bits per heavy atom.